The van der Waals surface area contributed by atoms with Gasteiger partial charge in [-0.2, -0.15) is 11.8 Å². The summed E-state index contributed by atoms with van der Waals surface area (Å²) < 4.78 is 0. The van der Waals surface area contributed by atoms with E-state index in [1.165, 1.54) is 24.9 Å². The van der Waals surface area contributed by atoms with Crippen LogP contribution in [0, 0.1) is 0 Å². The third kappa shape index (κ3) is 2.29. The minimum absolute atomic E-state index is 0.506. The number of anilines is 2. The largest absolute Gasteiger partial charge is 0.394 e. The van der Waals surface area contributed by atoms with Gasteiger partial charge in [0.25, 0.3) is 0 Å². The van der Waals surface area contributed by atoms with Crippen molar-refractivity contribution in [2.75, 3.05) is 22.6 Å². The van der Waals surface area contributed by atoms with Crippen molar-refractivity contribution in [2.45, 2.75) is 18.9 Å². The van der Waals surface area contributed by atoms with Gasteiger partial charge in [0.1, 0.15) is 6.33 Å². The van der Waals surface area contributed by atoms with Crippen molar-refractivity contribution in [3.8, 4) is 0 Å². The molecule has 1 aromatic rings. The molecule has 76 valence electrons. The summed E-state index contributed by atoms with van der Waals surface area (Å²) in [5.41, 5.74) is 6.37. The summed E-state index contributed by atoms with van der Waals surface area (Å²) >= 11 is 1.98. The predicted octanol–water partition coefficient (Wildman–Crippen LogP) is 1.37. The molecule has 0 aromatic carbocycles. The highest BCUT2D eigenvalue weighted by atomic mass is 32.2. The standard InChI is InChI=1S/C9H14N4S/c10-8-4-11-6-12-9(8)13-7-2-1-3-14-5-7/h4,6-7H,1-3,5,10H2,(H,11,12,13). The first kappa shape index (κ1) is 9.58. The molecule has 1 aliphatic rings. The monoisotopic (exact) mass is 210 g/mol. The molecular formula is C9H14N4S. The number of nitrogen functional groups attached to an aromatic ring is 1. The molecule has 0 spiro atoms. The third-order valence-electron chi connectivity index (χ3n) is 2.24. The summed E-state index contributed by atoms with van der Waals surface area (Å²) in [7, 11) is 0. The Kier molecular flexibility index (Phi) is 3.08. The van der Waals surface area contributed by atoms with Gasteiger partial charge in [0.15, 0.2) is 5.82 Å². The Morgan fingerprint density at radius 2 is 2.50 bits per heavy atom. The van der Waals surface area contributed by atoms with Crippen molar-refractivity contribution in [2.24, 2.45) is 0 Å². The van der Waals surface area contributed by atoms with Gasteiger partial charge in [0, 0.05) is 11.8 Å². The fourth-order valence-electron chi connectivity index (χ4n) is 1.51. The maximum atomic E-state index is 5.74. The second-order valence-corrected chi connectivity index (χ2v) is 4.53. The fourth-order valence-corrected chi connectivity index (χ4v) is 2.58. The van der Waals surface area contributed by atoms with Crippen LogP contribution < -0.4 is 11.1 Å². The van der Waals surface area contributed by atoms with E-state index in [0.29, 0.717) is 11.7 Å². The third-order valence-corrected chi connectivity index (χ3v) is 3.46. The number of rotatable bonds is 2. The van der Waals surface area contributed by atoms with Gasteiger partial charge in [0.2, 0.25) is 0 Å². The average molecular weight is 210 g/mol. The van der Waals surface area contributed by atoms with Gasteiger partial charge in [-0.05, 0) is 18.6 Å². The summed E-state index contributed by atoms with van der Waals surface area (Å²) in [5.74, 6) is 3.19. The van der Waals surface area contributed by atoms with E-state index in [-0.39, 0.29) is 0 Å². The van der Waals surface area contributed by atoms with Gasteiger partial charge in [-0.15, -0.1) is 0 Å². The molecule has 1 saturated heterocycles. The van der Waals surface area contributed by atoms with Gasteiger partial charge in [-0.1, -0.05) is 0 Å². The fraction of sp³-hybridized carbons (Fsp3) is 0.556. The SMILES string of the molecule is Nc1cncnc1NC1CCCSC1. The van der Waals surface area contributed by atoms with Gasteiger partial charge >= 0.3 is 0 Å². The number of hydrogen-bond acceptors (Lipinski definition) is 5. The molecule has 1 aromatic heterocycles. The van der Waals surface area contributed by atoms with Gasteiger partial charge < -0.3 is 11.1 Å². The van der Waals surface area contributed by atoms with Crippen LogP contribution in [0.5, 0.6) is 0 Å². The molecule has 0 radical (unpaired) electrons. The minimum atomic E-state index is 0.506. The number of aromatic nitrogens is 2. The second kappa shape index (κ2) is 4.50. The average Bonchev–Trinajstić information content (AvgIpc) is 2.23. The van der Waals surface area contributed by atoms with E-state index >= 15 is 0 Å². The van der Waals surface area contributed by atoms with Crippen molar-refractivity contribution in [3.63, 3.8) is 0 Å². The van der Waals surface area contributed by atoms with Crippen molar-refractivity contribution in [1.29, 1.82) is 0 Å². The van der Waals surface area contributed by atoms with Crippen LogP contribution in [0.3, 0.4) is 0 Å². The topological polar surface area (TPSA) is 63.8 Å². The maximum Gasteiger partial charge on any atom is 0.152 e. The van der Waals surface area contributed by atoms with E-state index in [9.17, 15) is 0 Å². The highest BCUT2D eigenvalue weighted by Crippen LogP contribution is 2.21. The van der Waals surface area contributed by atoms with Gasteiger partial charge in [-0.3, -0.25) is 0 Å². The Morgan fingerprint density at radius 1 is 1.57 bits per heavy atom. The molecule has 1 unspecified atom stereocenters. The number of hydrogen-bond donors (Lipinski definition) is 2. The van der Waals surface area contributed by atoms with E-state index in [1.807, 2.05) is 11.8 Å². The molecule has 0 aliphatic carbocycles. The Labute approximate surface area is 87.7 Å². The Bertz CT molecular complexity index is 299. The van der Waals surface area contributed by atoms with Crippen molar-refractivity contribution in [1.82, 2.24) is 9.97 Å². The Hall–Kier alpha value is -0.970. The first-order valence-electron chi connectivity index (χ1n) is 4.76. The number of nitrogens with zero attached hydrogens (tertiary/aromatic N) is 2. The molecule has 4 nitrogen and oxygen atoms in total. The lowest BCUT2D eigenvalue weighted by atomic mass is 10.2. The van der Waals surface area contributed by atoms with Crippen LogP contribution in [0.25, 0.3) is 0 Å². The zero-order valence-electron chi connectivity index (χ0n) is 7.94. The molecule has 2 heterocycles. The van der Waals surface area contributed by atoms with Crippen LogP contribution >= 0.6 is 11.8 Å². The molecule has 0 bridgehead atoms. The summed E-state index contributed by atoms with van der Waals surface area (Å²) in [5, 5.41) is 3.35. The summed E-state index contributed by atoms with van der Waals surface area (Å²) in [6, 6.07) is 0.506. The first-order chi connectivity index (χ1) is 6.86. The lowest BCUT2D eigenvalue weighted by Crippen LogP contribution is -2.26. The van der Waals surface area contributed by atoms with Crippen LogP contribution in [-0.2, 0) is 0 Å². The van der Waals surface area contributed by atoms with Crippen LogP contribution in [0.4, 0.5) is 11.5 Å². The van der Waals surface area contributed by atoms with E-state index in [1.54, 1.807) is 6.20 Å². The Balaban J connectivity index is 1.99. The lowest BCUT2D eigenvalue weighted by Gasteiger charge is -2.23. The van der Waals surface area contributed by atoms with Crippen molar-refractivity contribution >= 4 is 23.3 Å². The molecule has 0 amide bonds. The number of nitrogens with one attached hydrogen (secondary N) is 1. The predicted molar refractivity (Wildman–Crippen MR) is 60.4 cm³/mol. The molecule has 2 rings (SSSR count). The summed E-state index contributed by atoms with van der Waals surface area (Å²) in [4.78, 5) is 7.97. The van der Waals surface area contributed by atoms with Crippen LogP contribution in [0.1, 0.15) is 12.8 Å². The molecule has 1 fully saturated rings. The molecule has 1 aliphatic heterocycles. The van der Waals surface area contributed by atoms with E-state index in [0.717, 1.165) is 11.6 Å². The van der Waals surface area contributed by atoms with Gasteiger partial charge in [-0.25, -0.2) is 9.97 Å². The molecule has 14 heavy (non-hydrogen) atoms. The van der Waals surface area contributed by atoms with Crippen LogP contribution in [-0.4, -0.2) is 27.5 Å². The summed E-state index contributed by atoms with van der Waals surface area (Å²) in [6.45, 7) is 0. The second-order valence-electron chi connectivity index (χ2n) is 3.39. The molecule has 1 atom stereocenters. The molecule has 3 N–H and O–H groups in total. The van der Waals surface area contributed by atoms with Crippen molar-refractivity contribution in [3.05, 3.63) is 12.5 Å². The van der Waals surface area contributed by atoms with E-state index < -0.39 is 0 Å². The van der Waals surface area contributed by atoms with Crippen LogP contribution in [0.2, 0.25) is 0 Å². The normalized spacial score (nSPS) is 21.9. The highest BCUT2D eigenvalue weighted by molar-refractivity contribution is 7.99. The zero-order chi connectivity index (χ0) is 9.80. The number of thioether (sulfide) groups is 1. The Morgan fingerprint density at radius 3 is 3.21 bits per heavy atom. The van der Waals surface area contributed by atoms with E-state index in [4.69, 9.17) is 5.73 Å². The summed E-state index contributed by atoms with van der Waals surface area (Å²) in [6.07, 6.45) is 5.63. The molecular weight excluding hydrogens is 196 g/mol. The van der Waals surface area contributed by atoms with E-state index in [2.05, 4.69) is 15.3 Å². The number of nitrogens with two attached hydrogens (primary N) is 1. The minimum Gasteiger partial charge on any atom is -0.394 e. The quantitative estimate of drug-likeness (QED) is 0.771. The zero-order valence-corrected chi connectivity index (χ0v) is 8.76. The first-order valence-corrected chi connectivity index (χ1v) is 5.91. The van der Waals surface area contributed by atoms with Gasteiger partial charge in [0.05, 0.1) is 11.9 Å². The maximum absolute atomic E-state index is 5.74. The lowest BCUT2D eigenvalue weighted by molar-refractivity contribution is 0.682. The highest BCUT2D eigenvalue weighted by Gasteiger charge is 2.14. The smallest absolute Gasteiger partial charge is 0.152 e. The molecule has 0 saturated carbocycles. The van der Waals surface area contributed by atoms with Crippen molar-refractivity contribution < 1.29 is 0 Å². The van der Waals surface area contributed by atoms with Crippen LogP contribution in [0.15, 0.2) is 12.5 Å². The molecule has 5 heteroatoms.